The third kappa shape index (κ3) is 8.03. The molecule has 0 saturated heterocycles. The highest BCUT2D eigenvalue weighted by molar-refractivity contribution is 6.35. The number of amides is 4. The molecule has 0 radical (unpaired) electrons. The Hall–Kier alpha value is -7.18. The van der Waals surface area contributed by atoms with Crippen LogP contribution in [0.1, 0.15) is 110 Å². The summed E-state index contributed by atoms with van der Waals surface area (Å²) in [6, 6.07) is 45.8. The van der Waals surface area contributed by atoms with E-state index in [9.17, 15) is 19.2 Å². The van der Waals surface area contributed by atoms with Crippen molar-refractivity contribution in [2.24, 2.45) is 11.8 Å². The van der Waals surface area contributed by atoms with Gasteiger partial charge in [-0.25, -0.2) is 9.80 Å². The summed E-state index contributed by atoms with van der Waals surface area (Å²) in [6.45, 7) is 15.1. The van der Waals surface area contributed by atoms with Gasteiger partial charge < -0.3 is 0 Å². The summed E-state index contributed by atoms with van der Waals surface area (Å²) >= 11 is 0. The highest BCUT2D eigenvalue weighted by Gasteiger charge is 2.39. The van der Waals surface area contributed by atoms with E-state index in [0.717, 1.165) is 80.5 Å². The van der Waals surface area contributed by atoms with Crippen molar-refractivity contribution in [3.63, 3.8) is 0 Å². The topological polar surface area (TPSA) is 74.8 Å². The Morgan fingerprint density at radius 3 is 1.31 bits per heavy atom. The van der Waals surface area contributed by atoms with Crippen LogP contribution in [0, 0.1) is 25.7 Å². The Morgan fingerprint density at radius 1 is 0.400 bits per heavy atom. The van der Waals surface area contributed by atoms with Crippen molar-refractivity contribution in [3.05, 3.63) is 190 Å². The van der Waals surface area contributed by atoms with Crippen LogP contribution in [0.5, 0.6) is 0 Å². The lowest BCUT2D eigenvalue weighted by Crippen LogP contribution is -2.31. The van der Waals surface area contributed by atoms with E-state index in [4.69, 9.17) is 0 Å². The molecule has 0 atom stereocenters. The Kier molecular flexibility index (Phi) is 11.5. The summed E-state index contributed by atoms with van der Waals surface area (Å²) < 4.78 is 0. The van der Waals surface area contributed by atoms with E-state index in [1.54, 1.807) is 12.1 Å². The first-order valence-electron chi connectivity index (χ1n) is 22.9. The Morgan fingerprint density at radius 2 is 0.800 bits per heavy atom. The zero-order valence-corrected chi connectivity index (χ0v) is 38.3. The summed E-state index contributed by atoms with van der Waals surface area (Å²) in [5, 5.41) is 0. The van der Waals surface area contributed by atoms with Gasteiger partial charge in [0, 0.05) is 0 Å². The van der Waals surface area contributed by atoms with Crippen LogP contribution in [-0.4, -0.2) is 23.6 Å². The minimum atomic E-state index is -0.323. The molecule has 65 heavy (non-hydrogen) atoms. The van der Waals surface area contributed by atoms with Gasteiger partial charge in [0.2, 0.25) is 0 Å². The molecule has 6 heteroatoms. The molecule has 7 aromatic carbocycles. The second-order valence-electron chi connectivity index (χ2n) is 18.6. The predicted molar refractivity (Wildman–Crippen MR) is 264 cm³/mol. The van der Waals surface area contributed by atoms with Crippen molar-refractivity contribution in [3.8, 4) is 44.5 Å². The number of aryl methyl sites for hydroxylation is 3. The van der Waals surface area contributed by atoms with Crippen LogP contribution in [0.3, 0.4) is 0 Å². The smallest absolute Gasteiger partial charge is 0.266 e. The van der Waals surface area contributed by atoms with Gasteiger partial charge in [-0.15, -0.1) is 0 Å². The average Bonchev–Trinajstić information content (AvgIpc) is 3.70. The Balaban J connectivity index is 1.04. The van der Waals surface area contributed by atoms with Crippen LogP contribution < -0.4 is 9.80 Å². The number of rotatable bonds is 12. The number of carbonyl (C=O) groups is 4. The summed E-state index contributed by atoms with van der Waals surface area (Å²) in [5.74, 6) is -0.626. The van der Waals surface area contributed by atoms with Gasteiger partial charge in [-0.05, 0) is 149 Å². The van der Waals surface area contributed by atoms with Gasteiger partial charge in [-0.2, -0.15) is 0 Å². The van der Waals surface area contributed by atoms with E-state index < -0.39 is 0 Å². The molecule has 0 fully saturated rings. The fourth-order valence-corrected chi connectivity index (χ4v) is 9.52. The highest BCUT2D eigenvalue weighted by atomic mass is 16.2. The van der Waals surface area contributed by atoms with Crippen LogP contribution in [-0.2, 0) is 19.3 Å². The van der Waals surface area contributed by atoms with Crippen LogP contribution in [0.15, 0.2) is 140 Å². The van der Waals surface area contributed by atoms with E-state index in [-0.39, 0.29) is 29.5 Å². The molecule has 7 aromatic rings. The standard InChI is InChI=1S/C59H54N2O4/c1-8-9-45-32-42(41-18-23-46(24-19-41)60-56(62)49-26-21-43(33-53(49)58(60)64)39-14-10-37(6)11-15-39)20-25-47(45)48-28-29-55(52(31-36(4)5)51(48)30-35(2)3)61-57(63)50-27-22-44(34-54(50)59(61)65)40-16-12-38(7)13-17-40/h10-29,32-36H,8-9,30-31H2,1-7H3. The number of hydrogen-bond acceptors (Lipinski definition) is 4. The number of fused-ring (bicyclic) bond motifs is 2. The highest BCUT2D eigenvalue weighted by Crippen LogP contribution is 2.42. The molecule has 2 aliphatic heterocycles. The maximum Gasteiger partial charge on any atom is 0.266 e. The van der Waals surface area contributed by atoms with Gasteiger partial charge in [0.15, 0.2) is 0 Å². The van der Waals surface area contributed by atoms with Crippen LogP contribution in [0.2, 0.25) is 0 Å². The summed E-state index contributed by atoms with van der Waals surface area (Å²) in [6.07, 6.45) is 3.29. The molecule has 6 nitrogen and oxygen atoms in total. The van der Waals surface area contributed by atoms with E-state index in [2.05, 4.69) is 71.0 Å². The quantitative estimate of drug-likeness (QED) is 0.115. The second kappa shape index (κ2) is 17.4. The average molecular weight is 855 g/mol. The Bertz CT molecular complexity index is 3030. The lowest BCUT2D eigenvalue weighted by molar-refractivity contribution is 0.0910. The minimum absolute atomic E-state index is 0.273. The summed E-state index contributed by atoms with van der Waals surface area (Å²) in [5.41, 5.74) is 16.7. The first-order chi connectivity index (χ1) is 31.3. The van der Waals surface area contributed by atoms with Crippen molar-refractivity contribution in [2.75, 3.05) is 9.80 Å². The largest absolute Gasteiger partial charge is 0.268 e. The first kappa shape index (κ1) is 43.1. The molecule has 9 rings (SSSR count). The Labute approximate surface area is 382 Å². The van der Waals surface area contributed by atoms with Crippen molar-refractivity contribution >= 4 is 35.0 Å². The lowest BCUT2D eigenvalue weighted by atomic mass is 9.83. The normalized spacial score (nSPS) is 13.4. The molecule has 0 aliphatic carbocycles. The van der Waals surface area contributed by atoms with Gasteiger partial charge in [-0.3, -0.25) is 19.2 Å². The zero-order valence-electron chi connectivity index (χ0n) is 38.3. The monoisotopic (exact) mass is 854 g/mol. The number of hydrogen-bond donors (Lipinski definition) is 0. The third-order valence-electron chi connectivity index (χ3n) is 12.8. The molecule has 324 valence electrons. The molecule has 2 heterocycles. The lowest BCUT2D eigenvalue weighted by Gasteiger charge is -2.26. The van der Waals surface area contributed by atoms with E-state index in [0.29, 0.717) is 46.0 Å². The zero-order chi connectivity index (χ0) is 45.7. The molecule has 0 unspecified atom stereocenters. The molecular weight excluding hydrogens is 801 g/mol. The van der Waals surface area contributed by atoms with E-state index in [1.165, 1.54) is 20.9 Å². The molecule has 2 aliphatic rings. The van der Waals surface area contributed by atoms with Gasteiger partial charge in [-0.1, -0.05) is 149 Å². The SMILES string of the molecule is CCCc1cc(-c2ccc(N3C(=O)c4ccc(-c5ccc(C)cc5)cc4C3=O)cc2)ccc1-c1ccc(N2C(=O)c3ccc(-c4ccc(C)cc4)cc3C2=O)c(CC(C)C)c1CC(C)C. The van der Waals surface area contributed by atoms with Crippen molar-refractivity contribution in [1.82, 2.24) is 0 Å². The third-order valence-corrected chi connectivity index (χ3v) is 12.8. The van der Waals surface area contributed by atoms with Gasteiger partial charge >= 0.3 is 0 Å². The van der Waals surface area contributed by atoms with Crippen molar-refractivity contribution in [1.29, 1.82) is 0 Å². The summed E-state index contributed by atoms with van der Waals surface area (Å²) in [7, 11) is 0. The van der Waals surface area contributed by atoms with Gasteiger partial charge in [0.1, 0.15) is 0 Å². The van der Waals surface area contributed by atoms with Crippen LogP contribution in [0.4, 0.5) is 11.4 Å². The number of benzene rings is 7. The second-order valence-corrected chi connectivity index (χ2v) is 18.6. The maximum absolute atomic E-state index is 14.4. The minimum Gasteiger partial charge on any atom is -0.268 e. The number of carbonyl (C=O) groups excluding carboxylic acids is 4. The van der Waals surface area contributed by atoms with E-state index in [1.807, 2.05) is 105 Å². The van der Waals surface area contributed by atoms with E-state index >= 15 is 0 Å². The molecule has 0 bridgehead atoms. The molecule has 4 amide bonds. The number of anilines is 2. The summed E-state index contributed by atoms with van der Waals surface area (Å²) in [4.78, 5) is 58.8. The van der Waals surface area contributed by atoms with Crippen LogP contribution >= 0.6 is 0 Å². The number of imide groups is 2. The van der Waals surface area contributed by atoms with Gasteiger partial charge in [0.25, 0.3) is 23.6 Å². The first-order valence-corrected chi connectivity index (χ1v) is 22.9. The van der Waals surface area contributed by atoms with Crippen molar-refractivity contribution < 1.29 is 19.2 Å². The molecule has 0 aromatic heterocycles. The molecule has 0 saturated carbocycles. The van der Waals surface area contributed by atoms with Crippen LogP contribution in [0.25, 0.3) is 44.5 Å². The fraction of sp³-hybridized carbons (Fsp3) is 0.220. The van der Waals surface area contributed by atoms with Gasteiger partial charge in [0.05, 0.1) is 33.6 Å². The maximum atomic E-state index is 14.4. The molecular formula is C59H54N2O4. The predicted octanol–water partition coefficient (Wildman–Crippen LogP) is 13.9. The molecule has 0 N–H and O–H groups in total. The fourth-order valence-electron chi connectivity index (χ4n) is 9.52. The molecule has 0 spiro atoms. The number of nitrogens with zero attached hydrogens (tertiary/aromatic N) is 2. The van der Waals surface area contributed by atoms with Crippen molar-refractivity contribution in [2.45, 2.75) is 74.1 Å².